The van der Waals surface area contributed by atoms with Gasteiger partial charge in [-0.25, -0.2) is 19.9 Å². The van der Waals surface area contributed by atoms with Crippen LogP contribution in [-0.2, 0) is 6.54 Å². The summed E-state index contributed by atoms with van der Waals surface area (Å²) in [7, 11) is 0. The first kappa shape index (κ1) is 17.1. The van der Waals surface area contributed by atoms with Gasteiger partial charge < -0.3 is 15.2 Å². The van der Waals surface area contributed by atoms with Gasteiger partial charge in [0, 0.05) is 48.9 Å². The highest BCUT2D eigenvalue weighted by molar-refractivity contribution is 6.30. The molecule has 5 rings (SSSR count). The van der Waals surface area contributed by atoms with Gasteiger partial charge in [-0.1, -0.05) is 11.6 Å². The van der Waals surface area contributed by atoms with Gasteiger partial charge in [-0.15, -0.1) is 0 Å². The Morgan fingerprint density at radius 2 is 1.86 bits per heavy atom. The zero-order valence-corrected chi connectivity index (χ0v) is 15.8. The maximum atomic E-state index is 12.8. The van der Waals surface area contributed by atoms with Crippen molar-refractivity contribution in [3.63, 3.8) is 0 Å². The van der Waals surface area contributed by atoms with E-state index >= 15 is 0 Å². The fourth-order valence-electron chi connectivity index (χ4n) is 4.27. The maximum absolute atomic E-state index is 12.8. The Balaban J connectivity index is 1.53. The van der Waals surface area contributed by atoms with Crippen molar-refractivity contribution in [1.82, 2.24) is 24.5 Å². The molecule has 1 fully saturated rings. The number of nitrogens with zero attached hydrogens (tertiary/aromatic N) is 6. The van der Waals surface area contributed by atoms with Crippen LogP contribution in [0.5, 0.6) is 0 Å². The van der Waals surface area contributed by atoms with Gasteiger partial charge in [-0.2, -0.15) is 0 Å². The molecule has 2 bridgehead atoms. The van der Waals surface area contributed by atoms with Crippen LogP contribution < -0.4 is 16.2 Å². The van der Waals surface area contributed by atoms with E-state index in [4.69, 9.17) is 17.3 Å². The van der Waals surface area contributed by atoms with Crippen LogP contribution in [0.4, 0.5) is 11.8 Å². The van der Waals surface area contributed by atoms with Crippen LogP contribution in [0.1, 0.15) is 18.0 Å². The van der Waals surface area contributed by atoms with E-state index in [0.717, 1.165) is 30.8 Å². The summed E-state index contributed by atoms with van der Waals surface area (Å²) in [5.74, 6) is 1.66. The summed E-state index contributed by atoms with van der Waals surface area (Å²) in [6, 6.07) is 5.37. The first-order valence-electron chi connectivity index (χ1n) is 9.12. The molecule has 0 aromatic carbocycles. The van der Waals surface area contributed by atoms with Gasteiger partial charge in [-0.3, -0.25) is 4.79 Å². The smallest absolute Gasteiger partial charge is 0.251 e. The van der Waals surface area contributed by atoms with E-state index in [2.05, 4.69) is 30.9 Å². The van der Waals surface area contributed by atoms with Crippen LogP contribution in [0, 0.1) is 5.92 Å². The van der Waals surface area contributed by atoms with E-state index in [1.165, 1.54) is 6.33 Å². The van der Waals surface area contributed by atoms with Crippen LogP contribution in [0.15, 0.2) is 41.7 Å². The molecule has 0 radical (unpaired) electrons. The summed E-state index contributed by atoms with van der Waals surface area (Å²) in [6.45, 7) is 2.28. The Kier molecular flexibility index (Phi) is 4.01. The zero-order valence-electron chi connectivity index (χ0n) is 15.0. The number of hydrogen-bond acceptors (Lipinski definition) is 7. The standard InChI is InChI=1S/C19H18ClN7O/c20-14-5-22-19(23-6-14)26-7-11-1-13(9-26)16-2-12(3-18(28)27(16)8-11)15-4-17(21)25-10-24-15/h2-6,10-11,13H,1,7-9H2,(H2,21,24,25)/t11-,13+/m0/s1. The Bertz CT molecular complexity index is 1100. The molecule has 8 nitrogen and oxygen atoms in total. The summed E-state index contributed by atoms with van der Waals surface area (Å²) in [4.78, 5) is 31.9. The molecular weight excluding hydrogens is 378 g/mol. The summed E-state index contributed by atoms with van der Waals surface area (Å²) in [6.07, 6.45) is 5.69. The van der Waals surface area contributed by atoms with E-state index in [9.17, 15) is 4.79 Å². The van der Waals surface area contributed by atoms with Crippen molar-refractivity contribution >= 4 is 23.4 Å². The number of nitrogens with two attached hydrogens (primary N) is 1. The molecule has 2 N–H and O–H groups in total. The molecule has 28 heavy (non-hydrogen) atoms. The van der Waals surface area contributed by atoms with E-state index in [-0.39, 0.29) is 11.5 Å². The number of rotatable bonds is 2. The molecule has 3 aromatic heterocycles. The van der Waals surface area contributed by atoms with Gasteiger partial charge in [0.05, 0.1) is 23.1 Å². The molecule has 2 atom stereocenters. The first-order chi connectivity index (χ1) is 13.6. The summed E-state index contributed by atoms with van der Waals surface area (Å²) >= 11 is 5.92. The predicted molar refractivity (Wildman–Crippen MR) is 106 cm³/mol. The summed E-state index contributed by atoms with van der Waals surface area (Å²) in [5, 5.41) is 0.520. The molecule has 0 unspecified atom stereocenters. The number of halogens is 1. The van der Waals surface area contributed by atoms with Crippen molar-refractivity contribution in [3.8, 4) is 11.3 Å². The van der Waals surface area contributed by atoms with Gasteiger partial charge in [0.1, 0.15) is 12.1 Å². The topological polar surface area (TPSA) is 103 Å². The van der Waals surface area contributed by atoms with Crippen LogP contribution in [0.25, 0.3) is 11.3 Å². The fraction of sp³-hybridized carbons (Fsp3) is 0.316. The summed E-state index contributed by atoms with van der Waals surface area (Å²) in [5.41, 5.74) is 8.22. The molecule has 0 aliphatic carbocycles. The second kappa shape index (κ2) is 6.56. The molecule has 5 heterocycles. The van der Waals surface area contributed by atoms with Crippen molar-refractivity contribution < 1.29 is 0 Å². The number of pyridine rings is 1. The lowest BCUT2D eigenvalue weighted by atomic mass is 9.82. The minimum absolute atomic E-state index is 0.00410. The number of hydrogen-bond donors (Lipinski definition) is 1. The second-order valence-corrected chi connectivity index (χ2v) is 7.79. The fourth-order valence-corrected chi connectivity index (χ4v) is 4.37. The second-order valence-electron chi connectivity index (χ2n) is 7.35. The van der Waals surface area contributed by atoms with Crippen molar-refractivity contribution in [2.45, 2.75) is 18.9 Å². The highest BCUT2D eigenvalue weighted by Gasteiger charge is 2.35. The molecule has 0 saturated carbocycles. The third-order valence-corrected chi connectivity index (χ3v) is 5.63. The summed E-state index contributed by atoms with van der Waals surface area (Å²) < 4.78 is 1.90. The van der Waals surface area contributed by atoms with Gasteiger partial charge in [0.15, 0.2) is 0 Å². The van der Waals surface area contributed by atoms with Crippen LogP contribution in [-0.4, -0.2) is 37.6 Å². The highest BCUT2D eigenvalue weighted by Crippen LogP contribution is 2.37. The number of nitrogen functional groups attached to an aromatic ring is 1. The minimum Gasteiger partial charge on any atom is -0.384 e. The third-order valence-electron chi connectivity index (χ3n) is 5.43. The lowest BCUT2D eigenvalue weighted by molar-refractivity contribution is 0.280. The van der Waals surface area contributed by atoms with Gasteiger partial charge in [0.2, 0.25) is 5.95 Å². The highest BCUT2D eigenvalue weighted by atomic mass is 35.5. The molecule has 1 saturated heterocycles. The SMILES string of the molecule is Nc1cc(-c2cc3n(c(=O)c2)C[C@H]2C[C@@H]3CN(c3ncc(Cl)cn3)C2)ncn1. The molecular formula is C19H18ClN7O. The molecule has 0 amide bonds. The molecule has 0 spiro atoms. The Morgan fingerprint density at radius 3 is 2.64 bits per heavy atom. The van der Waals surface area contributed by atoms with E-state index in [0.29, 0.717) is 34.9 Å². The number of piperidine rings is 1. The molecule has 2 aliphatic rings. The largest absolute Gasteiger partial charge is 0.384 e. The maximum Gasteiger partial charge on any atom is 0.251 e. The lowest BCUT2D eigenvalue weighted by Gasteiger charge is -2.42. The Hall–Kier alpha value is -3.00. The number of aromatic nitrogens is 5. The van der Waals surface area contributed by atoms with Crippen LogP contribution in [0.3, 0.4) is 0 Å². The quantitative estimate of drug-likeness (QED) is 0.707. The Morgan fingerprint density at radius 1 is 1.04 bits per heavy atom. The average Bonchev–Trinajstić information content (AvgIpc) is 2.69. The van der Waals surface area contributed by atoms with Gasteiger partial charge in [0.25, 0.3) is 5.56 Å². The minimum atomic E-state index is -0.00410. The van der Waals surface area contributed by atoms with Crippen LogP contribution in [0.2, 0.25) is 5.02 Å². The molecule has 2 aliphatic heterocycles. The Labute approximate surface area is 166 Å². The number of fused-ring (bicyclic) bond motifs is 4. The first-order valence-corrected chi connectivity index (χ1v) is 9.50. The van der Waals surface area contributed by atoms with Crippen molar-refractivity contribution in [2.24, 2.45) is 5.92 Å². The average molecular weight is 396 g/mol. The molecule has 142 valence electrons. The van der Waals surface area contributed by atoms with Gasteiger partial charge in [-0.05, 0) is 18.4 Å². The van der Waals surface area contributed by atoms with Crippen molar-refractivity contribution in [2.75, 3.05) is 23.7 Å². The van der Waals surface area contributed by atoms with Crippen molar-refractivity contribution in [1.29, 1.82) is 0 Å². The lowest BCUT2D eigenvalue weighted by Crippen LogP contribution is -2.47. The zero-order chi connectivity index (χ0) is 19.3. The molecule has 9 heteroatoms. The van der Waals surface area contributed by atoms with Crippen molar-refractivity contribution in [3.05, 3.63) is 58.0 Å². The normalized spacial score (nSPS) is 20.7. The number of anilines is 2. The van der Waals surface area contributed by atoms with E-state index in [1.54, 1.807) is 24.5 Å². The van der Waals surface area contributed by atoms with E-state index < -0.39 is 0 Å². The third kappa shape index (κ3) is 2.99. The van der Waals surface area contributed by atoms with Gasteiger partial charge >= 0.3 is 0 Å². The molecule has 3 aromatic rings. The van der Waals surface area contributed by atoms with Crippen LogP contribution >= 0.6 is 11.6 Å². The van der Waals surface area contributed by atoms with E-state index in [1.807, 2.05) is 4.57 Å². The predicted octanol–water partition coefficient (Wildman–Crippen LogP) is 1.95. The monoisotopic (exact) mass is 395 g/mol.